The van der Waals surface area contributed by atoms with Crippen molar-refractivity contribution >= 4 is 28.4 Å². The highest BCUT2D eigenvalue weighted by molar-refractivity contribution is 5.87. The molecule has 216 valence electrons. The van der Waals surface area contributed by atoms with Crippen LogP contribution in [-0.2, 0) is 22.9 Å². The van der Waals surface area contributed by atoms with E-state index in [0.717, 1.165) is 97.7 Å². The lowest BCUT2D eigenvalue weighted by Gasteiger charge is -2.27. The summed E-state index contributed by atoms with van der Waals surface area (Å²) in [6.07, 6.45) is 4.50. The number of ether oxygens (including phenoxy) is 2. The lowest BCUT2D eigenvalue weighted by Crippen LogP contribution is -2.37. The molecule has 2 aromatic carbocycles. The number of fused-ring (bicyclic) bond motifs is 1. The molecule has 2 N–H and O–H groups in total. The second-order valence-electron chi connectivity index (χ2n) is 10.7. The van der Waals surface area contributed by atoms with Crippen molar-refractivity contribution in [3.8, 4) is 22.6 Å². The average molecular weight is 566 g/mol. The number of aromatic nitrogens is 6. The summed E-state index contributed by atoms with van der Waals surface area (Å²) in [7, 11) is 2.02. The van der Waals surface area contributed by atoms with Crippen molar-refractivity contribution in [3.63, 3.8) is 0 Å². The first-order valence-corrected chi connectivity index (χ1v) is 14.5. The van der Waals surface area contributed by atoms with Crippen LogP contribution >= 0.6 is 0 Å². The second kappa shape index (κ2) is 11.9. The number of morpholine rings is 2. The van der Waals surface area contributed by atoms with Crippen molar-refractivity contribution in [1.82, 2.24) is 34.6 Å². The van der Waals surface area contributed by atoms with Crippen molar-refractivity contribution in [2.75, 3.05) is 69.4 Å². The van der Waals surface area contributed by atoms with Crippen molar-refractivity contribution < 1.29 is 9.47 Å². The second-order valence-corrected chi connectivity index (χ2v) is 10.7. The van der Waals surface area contributed by atoms with E-state index in [1.807, 2.05) is 48.3 Å². The van der Waals surface area contributed by atoms with E-state index in [-0.39, 0.29) is 0 Å². The normalized spacial score (nSPS) is 16.3. The molecular formula is C31H35N9O2. The highest BCUT2D eigenvalue weighted by atomic mass is 16.5. The van der Waals surface area contributed by atoms with Gasteiger partial charge in [0.2, 0.25) is 5.95 Å². The highest BCUT2D eigenvalue weighted by Gasteiger charge is 2.18. The first-order valence-electron chi connectivity index (χ1n) is 14.5. The van der Waals surface area contributed by atoms with E-state index in [4.69, 9.17) is 24.5 Å². The van der Waals surface area contributed by atoms with Gasteiger partial charge in [-0.25, -0.2) is 9.97 Å². The summed E-state index contributed by atoms with van der Waals surface area (Å²) in [5.41, 5.74) is 6.07. The molecule has 2 saturated heterocycles. The van der Waals surface area contributed by atoms with E-state index >= 15 is 0 Å². The number of imidazole rings is 1. The number of hydrogen-bond donors (Lipinski definition) is 2. The minimum absolute atomic E-state index is 0.665. The summed E-state index contributed by atoms with van der Waals surface area (Å²) in [5.74, 6) is 2.28. The third-order valence-electron chi connectivity index (χ3n) is 7.93. The van der Waals surface area contributed by atoms with E-state index in [1.54, 1.807) is 6.20 Å². The summed E-state index contributed by atoms with van der Waals surface area (Å²) in [6, 6.07) is 16.7. The molecule has 11 nitrogen and oxygen atoms in total. The van der Waals surface area contributed by atoms with Gasteiger partial charge >= 0.3 is 0 Å². The van der Waals surface area contributed by atoms with Gasteiger partial charge < -0.3 is 24.7 Å². The number of benzene rings is 2. The van der Waals surface area contributed by atoms with Gasteiger partial charge in [0.05, 0.1) is 43.3 Å². The number of hydrogen-bond acceptors (Lipinski definition) is 9. The fraction of sp³-hybridized carbons (Fsp3) is 0.355. The first-order chi connectivity index (χ1) is 20.7. The average Bonchev–Trinajstić information content (AvgIpc) is 3.69. The minimum atomic E-state index is 0.665. The Morgan fingerprint density at radius 2 is 1.64 bits per heavy atom. The van der Waals surface area contributed by atoms with Crippen LogP contribution < -0.4 is 10.2 Å². The van der Waals surface area contributed by atoms with Crippen LogP contribution in [0.5, 0.6) is 0 Å². The maximum atomic E-state index is 5.59. The molecule has 0 spiro atoms. The summed E-state index contributed by atoms with van der Waals surface area (Å²) in [4.78, 5) is 22.0. The van der Waals surface area contributed by atoms with Crippen LogP contribution in [-0.4, -0.2) is 93.8 Å². The SMILES string of the molecule is Cn1nc(CCN2CCOCC2)c2ccc(-c3cc(Nc4ccc(-c5ncc[nH]5)cc4)nc(N4CCOCC4)n3)cc21. The van der Waals surface area contributed by atoms with Gasteiger partial charge in [-0.2, -0.15) is 10.1 Å². The van der Waals surface area contributed by atoms with Crippen molar-refractivity contribution in [2.24, 2.45) is 7.05 Å². The van der Waals surface area contributed by atoms with E-state index in [1.165, 1.54) is 5.39 Å². The summed E-state index contributed by atoms with van der Waals surface area (Å²) in [6.45, 7) is 7.43. The van der Waals surface area contributed by atoms with Gasteiger partial charge in [-0.3, -0.25) is 9.58 Å². The highest BCUT2D eigenvalue weighted by Crippen LogP contribution is 2.30. The largest absolute Gasteiger partial charge is 0.379 e. The van der Waals surface area contributed by atoms with Gasteiger partial charge in [0.25, 0.3) is 0 Å². The zero-order valence-corrected chi connectivity index (χ0v) is 23.8. The van der Waals surface area contributed by atoms with Crippen LogP contribution in [0.4, 0.5) is 17.5 Å². The zero-order valence-electron chi connectivity index (χ0n) is 23.8. The minimum Gasteiger partial charge on any atom is -0.379 e. The molecule has 0 atom stereocenters. The summed E-state index contributed by atoms with van der Waals surface area (Å²) in [5, 5.41) is 9.57. The third-order valence-corrected chi connectivity index (χ3v) is 7.93. The number of aromatic amines is 1. The fourth-order valence-electron chi connectivity index (χ4n) is 5.60. The molecule has 11 heteroatoms. The number of anilines is 3. The first kappa shape index (κ1) is 26.6. The predicted octanol–water partition coefficient (Wildman–Crippen LogP) is 3.88. The number of nitrogens with one attached hydrogen (secondary N) is 2. The zero-order chi connectivity index (χ0) is 28.3. The van der Waals surface area contributed by atoms with Crippen molar-refractivity contribution in [1.29, 1.82) is 0 Å². The lowest BCUT2D eigenvalue weighted by atomic mass is 10.1. The fourth-order valence-corrected chi connectivity index (χ4v) is 5.60. The molecular weight excluding hydrogens is 530 g/mol. The van der Waals surface area contributed by atoms with Gasteiger partial charge in [-0.1, -0.05) is 12.1 Å². The standard InChI is InChI=1S/C31H35N9O2/c1-38-28-20-23(4-7-25(28)26(37-38)8-11-39-12-16-41-17-13-39)27-21-29(36-31(35-27)40-14-18-42-19-15-40)34-24-5-2-22(3-6-24)30-32-9-10-33-30/h2-7,9-10,20-21H,8,11-19H2,1H3,(H,32,33)(H,34,35,36). The van der Waals surface area contributed by atoms with Crippen LogP contribution in [0.1, 0.15) is 5.69 Å². The van der Waals surface area contributed by atoms with Crippen molar-refractivity contribution in [3.05, 3.63) is 66.6 Å². The molecule has 42 heavy (non-hydrogen) atoms. The number of rotatable bonds is 8. The Morgan fingerprint density at radius 1 is 0.881 bits per heavy atom. The lowest BCUT2D eigenvalue weighted by molar-refractivity contribution is 0.0383. The van der Waals surface area contributed by atoms with Gasteiger partial charge in [0.1, 0.15) is 11.6 Å². The Bertz CT molecular complexity index is 1640. The van der Waals surface area contributed by atoms with Crippen LogP contribution in [0.15, 0.2) is 60.9 Å². The van der Waals surface area contributed by atoms with Gasteiger partial charge in [-0.15, -0.1) is 0 Å². The molecule has 2 fully saturated rings. The van der Waals surface area contributed by atoms with E-state index in [0.29, 0.717) is 19.2 Å². The van der Waals surface area contributed by atoms with E-state index in [2.05, 4.69) is 43.3 Å². The third kappa shape index (κ3) is 5.71. The maximum Gasteiger partial charge on any atom is 0.228 e. The summed E-state index contributed by atoms with van der Waals surface area (Å²) >= 11 is 0. The van der Waals surface area contributed by atoms with Crippen LogP contribution in [0.2, 0.25) is 0 Å². The Labute approximate surface area is 244 Å². The Kier molecular flexibility index (Phi) is 7.52. The maximum absolute atomic E-state index is 5.59. The van der Waals surface area contributed by atoms with Crippen LogP contribution in [0, 0.1) is 0 Å². The molecule has 2 aliphatic rings. The molecule has 0 amide bonds. The van der Waals surface area contributed by atoms with E-state index < -0.39 is 0 Å². The molecule has 3 aromatic heterocycles. The van der Waals surface area contributed by atoms with Gasteiger partial charge in [-0.05, 0) is 30.3 Å². The summed E-state index contributed by atoms with van der Waals surface area (Å²) < 4.78 is 13.1. The van der Waals surface area contributed by atoms with E-state index in [9.17, 15) is 0 Å². The molecule has 7 rings (SSSR count). The smallest absolute Gasteiger partial charge is 0.228 e. The number of H-pyrrole nitrogens is 1. The molecule has 2 aliphatic heterocycles. The molecule has 0 unspecified atom stereocenters. The van der Waals surface area contributed by atoms with Gasteiger partial charge in [0, 0.05) is 86.9 Å². The number of nitrogens with zero attached hydrogens (tertiary/aromatic N) is 7. The molecule has 0 radical (unpaired) electrons. The van der Waals surface area contributed by atoms with Gasteiger partial charge in [0.15, 0.2) is 0 Å². The Balaban J connectivity index is 1.18. The monoisotopic (exact) mass is 565 g/mol. The Morgan fingerprint density at radius 3 is 2.40 bits per heavy atom. The molecule has 5 aromatic rings. The topological polar surface area (TPSA) is 109 Å². The molecule has 0 saturated carbocycles. The number of aryl methyl sites for hydroxylation is 1. The molecule has 5 heterocycles. The van der Waals surface area contributed by atoms with Crippen LogP contribution in [0.3, 0.4) is 0 Å². The quantitative estimate of drug-likeness (QED) is 0.290. The van der Waals surface area contributed by atoms with Crippen LogP contribution in [0.25, 0.3) is 33.5 Å². The Hall–Kier alpha value is -4.32. The predicted molar refractivity (Wildman–Crippen MR) is 163 cm³/mol. The molecule has 0 bridgehead atoms. The van der Waals surface area contributed by atoms with Crippen molar-refractivity contribution in [2.45, 2.75) is 6.42 Å². The molecule has 0 aliphatic carbocycles.